The van der Waals surface area contributed by atoms with Gasteiger partial charge in [-0.2, -0.15) is 0 Å². The number of aliphatic hydroxyl groups is 1. The van der Waals surface area contributed by atoms with E-state index in [2.05, 4.69) is 45.9 Å². The lowest BCUT2D eigenvalue weighted by molar-refractivity contribution is 0.129. The highest BCUT2D eigenvalue weighted by Crippen LogP contribution is 2.28. The Hall–Kier alpha value is -0.820. The van der Waals surface area contributed by atoms with Gasteiger partial charge in [0.2, 0.25) is 0 Å². The van der Waals surface area contributed by atoms with E-state index in [0.717, 1.165) is 12.8 Å². The van der Waals surface area contributed by atoms with Crippen LogP contribution in [0.25, 0.3) is 0 Å². The van der Waals surface area contributed by atoms with Crippen molar-refractivity contribution in [3.05, 3.63) is 34.9 Å². The minimum atomic E-state index is -0.221. The largest absolute Gasteiger partial charge is 0.393 e. The third kappa shape index (κ3) is 3.97. The van der Waals surface area contributed by atoms with E-state index < -0.39 is 0 Å². The van der Waals surface area contributed by atoms with Gasteiger partial charge in [0.15, 0.2) is 0 Å². The highest BCUT2D eigenvalue weighted by molar-refractivity contribution is 5.30. The van der Waals surface area contributed by atoms with Gasteiger partial charge in [-0.05, 0) is 55.7 Å². The van der Waals surface area contributed by atoms with Crippen molar-refractivity contribution in [3.63, 3.8) is 0 Å². The van der Waals surface area contributed by atoms with Crippen LogP contribution in [0.2, 0.25) is 0 Å². The molecule has 0 aliphatic carbocycles. The molecule has 0 heterocycles. The Morgan fingerprint density at radius 1 is 1.19 bits per heavy atom. The molecule has 0 amide bonds. The van der Waals surface area contributed by atoms with Gasteiger partial charge in [0, 0.05) is 0 Å². The molecule has 1 N–H and O–H groups in total. The molecule has 0 bridgehead atoms. The van der Waals surface area contributed by atoms with E-state index in [1.54, 1.807) is 0 Å². The Labute approximate surface area is 99.5 Å². The Bertz CT molecular complexity index is 350. The maximum Gasteiger partial charge on any atom is 0.0517 e. The quantitative estimate of drug-likeness (QED) is 0.821. The second-order valence-corrected chi connectivity index (χ2v) is 5.81. The van der Waals surface area contributed by atoms with Crippen LogP contribution in [0.3, 0.4) is 0 Å². The van der Waals surface area contributed by atoms with Crippen LogP contribution in [-0.4, -0.2) is 11.2 Å². The van der Waals surface area contributed by atoms with Crippen LogP contribution in [0, 0.1) is 19.3 Å². The van der Waals surface area contributed by atoms with Crippen LogP contribution in [0.15, 0.2) is 18.2 Å². The third-order valence-electron chi connectivity index (χ3n) is 3.10. The van der Waals surface area contributed by atoms with Crippen molar-refractivity contribution in [2.45, 2.75) is 53.6 Å². The van der Waals surface area contributed by atoms with Crippen LogP contribution in [0.4, 0.5) is 0 Å². The van der Waals surface area contributed by atoms with Crippen LogP contribution < -0.4 is 0 Å². The summed E-state index contributed by atoms with van der Waals surface area (Å²) < 4.78 is 0. The van der Waals surface area contributed by atoms with Crippen molar-refractivity contribution in [3.8, 4) is 0 Å². The van der Waals surface area contributed by atoms with Gasteiger partial charge in [-0.3, -0.25) is 0 Å². The van der Waals surface area contributed by atoms with Gasteiger partial charge in [0.1, 0.15) is 0 Å². The van der Waals surface area contributed by atoms with E-state index in [9.17, 15) is 5.11 Å². The van der Waals surface area contributed by atoms with Gasteiger partial charge < -0.3 is 5.11 Å². The van der Waals surface area contributed by atoms with Crippen LogP contribution in [-0.2, 0) is 6.42 Å². The van der Waals surface area contributed by atoms with E-state index >= 15 is 0 Å². The zero-order valence-corrected chi connectivity index (χ0v) is 11.2. The molecule has 16 heavy (non-hydrogen) atoms. The monoisotopic (exact) mass is 220 g/mol. The molecule has 1 heteroatoms. The fourth-order valence-corrected chi connectivity index (χ4v) is 2.34. The van der Waals surface area contributed by atoms with E-state index in [1.807, 2.05) is 6.92 Å². The van der Waals surface area contributed by atoms with Crippen LogP contribution in [0.1, 0.15) is 43.9 Å². The SMILES string of the molecule is Cc1ccc(CC(C)(C)CC(C)O)cc1C. The molecule has 0 spiro atoms. The molecule has 0 aliphatic rings. The summed E-state index contributed by atoms with van der Waals surface area (Å²) >= 11 is 0. The summed E-state index contributed by atoms with van der Waals surface area (Å²) in [6.07, 6.45) is 1.65. The van der Waals surface area contributed by atoms with Crippen molar-refractivity contribution in [1.82, 2.24) is 0 Å². The smallest absolute Gasteiger partial charge is 0.0517 e. The summed E-state index contributed by atoms with van der Waals surface area (Å²) in [6, 6.07) is 6.65. The summed E-state index contributed by atoms with van der Waals surface area (Å²) in [5.41, 5.74) is 4.23. The van der Waals surface area contributed by atoms with Gasteiger partial charge in [0.05, 0.1) is 6.10 Å². The van der Waals surface area contributed by atoms with E-state index in [4.69, 9.17) is 0 Å². The summed E-state index contributed by atoms with van der Waals surface area (Å²) in [5.74, 6) is 0. The molecular weight excluding hydrogens is 196 g/mol. The first-order valence-corrected chi connectivity index (χ1v) is 6.04. The van der Waals surface area contributed by atoms with Crippen molar-refractivity contribution in [2.24, 2.45) is 5.41 Å². The number of aliphatic hydroxyl groups excluding tert-OH is 1. The fraction of sp³-hybridized carbons (Fsp3) is 0.600. The van der Waals surface area contributed by atoms with Crippen LogP contribution >= 0.6 is 0 Å². The first-order chi connectivity index (χ1) is 7.30. The Kier molecular flexibility index (Phi) is 4.15. The lowest BCUT2D eigenvalue weighted by atomic mass is 9.80. The van der Waals surface area contributed by atoms with Crippen molar-refractivity contribution in [1.29, 1.82) is 0 Å². The Morgan fingerprint density at radius 3 is 2.31 bits per heavy atom. The maximum atomic E-state index is 9.46. The van der Waals surface area contributed by atoms with Crippen molar-refractivity contribution < 1.29 is 5.11 Å². The predicted molar refractivity (Wildman–Crippen MR) is 69.7 cm³/mol. The van der Waals surface area contributed by atoms with E-state index in [1.165, 1.54) is 16.7 Å². The second kappa shape index (κ2) is 5.01. The van der Waals surface area contributed by atoms with Crippen LogP contribution in [0.5, 0.6) is 0 Å². The number of aryl methyl sites for hydroxylation is 2. The summed E-state index contributed by atoms with van der Waals surface area (Å²) in [4.78, 5) is 0. The molecule has 0 aromatic heterocycles. The molecule has 90 valence electrons. The number of hydrogen-bond acceptors (Lipinski definition) is 1. The number of benzene rings is 1. The molecule has 1 aromatic carbocycles. The molecule has 1 atom stereocenters. The van der Waals surface area contributed by atoms with Gasteiger partial charge in [-0.25, -0.2) is 0 Å². The average molecular weight is 220 g/mol. The van der Waals surface area contributed by atoms with E-state index in [0.29, 0.717) is 0 Å². The number of hydrogen-bond donors (Lipinski definition) is 1. The molecule has 1 aromatic rings. The molecule has 1 rings (SSSR count). The molecule has 0 saturated heterocycles. The number of rotatable bonds is 4. The Balaban J connectivity index is 2.76. The molecule has 1 unspecified atom stereocenters. The highest BCUT2D eigenvalue weighted by atomic mass is 16.3. The van der Waals surface area contributed by atoms with E-state index in [-0.39, 0.29) is 11.5 Å². The summed E-state index contributed by atoms with van der Waals surface area (Å²) in [5, 5.41) is 9.46. The molecule has 0 radical (unpaired) electrons. The average Bonchev–Trinajstić information content (AvgIpc) is 2.08. The van der Waals surface area contributed by atoms with Gasteiger partial charge >= 0.3 is 0 Å². The predicted octanol–water partition coefficient (Wildman–Crippen LogP) is 3.64. The normalized spacial score (nSPS) is 13.9. The first-order valence-electron chi connectivity index (χ1n) is 6.04. The maximum absolute atomic E-state index is 9.46. The standard InChI is InChI=1S/C15H24O/c1-11-6-7-14(8-12(11)2)10-15(4,5)9-13(3)16/h6-8,13,16H,9-10H2,1-5H3. The van der Waals surface area contributed by atoms with Gasteiger partial charge in [0.25, 0.3) is 0 Å². The Morgan fingerprint density at radius 2 is 1.81 bits per heavy atom. The fourth-order valence-electron chi connectivity index (χ4n) is 2.34. The van der Waals surface area contributed by atoms with Crippen molar-refractivity contribution >= 4 is 0 Å². The zero-order chi connectivity index (χ0) is 12.3. The highest BCUT2D eigenvalue weighted by Gasteiger charge is 2.20. The lowest BCUT2D eigenvalue weighted by Gasteiger charge is -2.26. The van der Waals surface area contributed by atoms with Gasteiger partial charge in [-0.1, -0.05) is 32.0 Å². The van der Waals surface area contributed by atoms with Gasteiger partial charge in [-0.15, -0.1) is 0 Å². The molecule has 0 fully saturated rings. The molecule has 0 aliphatic heterocycles. The minimum absolute atomic E-state index is 0.163. The molecule has 0 saturated carbocycles. The molecular formula is C15H24O. The van der Waals surface area contributed by atoms with Crippen molar-refractivity contribution in [2.75, 3.05) is 0 Å². The second-order valence-electron chi connectivity index (χ2n) is 5.81. The summed E-state index contributed by atoms with van der Waals surface area (Å²) in [6.45, 7) is 10.6. The lowest BCUT2D eigenvalue weighted by Crippen LogP contribution is -2.21. The topological polar surface area (TPSA) is 20.2 Å². The minimum Gasteiger partial charge on any atom is -0.393 e. The molecule has 1 nitrogen and oxygen atoms in total. The summed E-state index contributed by atoms with van der Waals surface area (Å²) in [7, 11) is 0. The zero-order valence-electron chi connectivity index (χ0n) is 11.2. The first kappa shape index (κ1) is 13.2. The third-order valence-corrected chi connectivity index (χ3v) is 3.10.